The fourth-order valence-electron chi connectivity index (χ4n) is 2.35. The molecule has 2 heterocycles. The summed E-state index contributed by atoms with van der Waals surface area (Å²) in [7, 11) is 0. The Morgan fingerprint density at radius 3 is 2.72 bits per heavy atom. The number of nitrogens with two attached hydrogens (primary N) is 1. The maximum absolute atomic E-state index is 12.5. The molecule has 18 heavy (non-hydrogen) atoms. The van der Waals surface area contributed by atoms with E-state index < -0.39 is 13.0 Å². The quantitative estimate of drug-likeness (QED) is 0.855. The first-order valence-electron chi connectivity index (χ1n) is 6.20. The first-order valence-corrected chi connectivity index (χ1v) is 6.20. The van der Waals surface area contributed by atoms with Crippen LogP contribution in [0.1, 0.15) is 30.1 Å². The normalized spacial score (nSPS) is 17.6. The number of hydrogen-bond donors (Lipinski definition) is 1. The zero-order chi connectivity index (χ0) is 13.0. The molecule has 0 spiro atoms. The van der Waals surface area contributed by atoms with Gasteiger partial charge < -0.3 is 10.5 Å². The number of rotatable bonds is 5. The van der Waals surface area contributed by atoms with Crippen LogP contribution in [0.3, 0.4) is 0 Å². The number of ether oxygens (including phenoxy) is 1. The van der Waals surface area contributed by atoms with E-state index in [0.717, 1.165) is 24.2 Å². The lowest BCUT2D eigenvalue weighted by molar-refractivity contribution is 0.0806. The number of aromatic nitrogens is 3. The van der Waals surface area contributed by atoms with Crippen LogP contribution >= 0.6 is 0 Å². The van der Waals surface area contributed by atoms with Crippen molar-refractivity contribution in [3.63, 3.8) is 0 Å². The van der Waals surface area contributed by atoms with E-state index >= 15 is 0 Å². The minimum absolute atomic E-state index is 0.203. The molecule has 0 bridgehead atoms. The predicted octanol–water partition coefficient (Wildman–Crippen LogP) is 0.938. The summed E-state index contributed by atoms with van der Waals surface area (Å²) in [6.45, 7) is 1.37. The van der Waals surface area contributed by atoms with Gasteiger partial charge in [0.25, 0.3) is 6.43 Å². The molecule has 1 aliphatic rings. The number of alkyl halides is 2. The van der Waals surface area contributed by atoms with Crippen LogP contribution in [0.2, 0.25) is 0 Å². The molecule has 1 aromatic heterocycles. The predicted molar refractivity (Wildman–Crippen MR) is 61.6 cm³/mol. The molecule has 0 radical (unpaired) electrons. The third-order valence-corrected chi connectivity index (χ3v) is 3.15. The molecule has 0 aliphatic carbocycles. The molecule has 5 nitrogen and oxygen atoms in total. The SMILES string of the molecule is NCCc1nnn(CC(F)F)c1C1CCOCC1. The summed E-state index contributed by atoms with van der Waals surface area (Å²) in [5.74, 6) is 0.203. The molecule has 0 amide bonds. The summed E-state index contributed by atoms with van der Waals surface area (Å²) >= 11 is 0. The van der Waals surface area contributed by atoms with Gasteiger partial charge in [-0.25, -0.2) is 13.5 Å². The summed E-state index contributed by atoms with van der Waals surface area (Å²) in [5.41, 5.74) is 7.10. The van der Waals surface area contributed by atoms with Gasteiger partial charge in [0, 0.05) is 25.6 Å². The molecular weight excluding hydrogens is 242 g/mol. The average Bonchev–Trinajstić information content (AvgIpc) is 2.73. The van der Waals surface area contributed by atoms with E-state index in [9.17, 15) is 8.78 Å². The molecule has 1 saturated heterocycles. The average molecular weight is 260 g/mol. The molecule has 1 aromatic rings. The first-order chi connectivity index (χ1) is 8.72. The highest BCUT2D eigenvalue weighted by Crippen LogP contribution is 2.29. The summed E-state index contributed by atoms with van der Waals surface area (Å²) in [6, 6.07) is 0. The second-order valence-electron chi connectivity index (χ2n) is 4.42. The lowest BCUT2D eigenvalue weighted by atomic mass is 9.94. The van der Waals surface area contributed by atoms with Crippen LogP contribution in [-0.2, 0) is 17.7 Å². The first kappa shape index (κ1) is 13.4. The Hall–Kier alpha value is -1.08. The number of halogens is 2. The van der Waals surface area contributed by atoms with E-state index in [0.29, 0.717) is 26.2 Å². The molecule has 2 rings (SSSR count). The molecule has 0 saturated carbocycles. The fourth-order valence-corrected chi connectivity index (χ4v) is 2.35. The van der Waals surface area contributed by atoms with E-state index in [-0.39, 0.29) is 5.92 Å². The van der Waals surface area contributed by atoms with Crippen molar-refractivity contribution >= 4 is 0 Å². The van der Waals surface area contributed by atoms with Gasteiger partial charge in [0.15, 0.2) is 0 Å². The Morgan fingerprint density at radius 2 is 2.11 bits per heavy atom. The van der Waals surface area contributed by atoms with E-state index in [4.69, 9.17) is 10.5 Å². The van der Waals surface area contributed by atoms with Gasteiger partial charge in [-0.1, -0.05) is 5.21 Å². The Bertz CT molecular complexity index is 377. The van der Waals surface area contributed by atoms with Gasteiger partial charge in [-0.3, -0.25) is 0 Å². The number of nitrogens with zero attached hydrogens (tertiary/aromatic N) is 3. The summed E-state index contributed by atoms with van der Waals surface area (Å²) < 4.78 is 31.7. The lowest BCUT2D eigenvalue weighted by Gasteiger charge is -2.23. The largest absolute Gasteiger partial charge is 0.381 e. The van der Waals surface area contributed by atoms with Crippen molar-refractivity contribution in [2.24, 2.45) is 5.73 Å². The molecule has 2 N–H and O–H groups in total. The topological polar surface area (TPSA) is 66.0 Å². The van der Waals surface area contributed by atoms with Crippen molar-refractivity contribution < 1.29 is 13.5 Å². The summed E-state index contributed by atoms with van der Waals surface area (Å²) in [5, 5.41) is 7.83. The molecule has 0 unspecified atom stereocenters. The van der Waals surface area contributed by atoms with E-state index in [1.54, 1.807) is 0 Å². The maximum Gasteiger partial charge on any atom is 0.257 e. The molecule has 0 atom stereocenters. The Labute approximate surface area is 104 Å². The van der Waals surface area contributed by atoms with Crippen molar-refractivity contribution in [1.29, 1.82) is 0 Å². The van der Waals surface area contributed by atoms with Crippen LogP contribution in [0, 0.1) is 0 Å². The van der Waals surface area contributed by atoms with Crippen LogP contribution in [0.4, 0.5) is 8.78 Å². The van der Waals surface area contributed by atoms with Gasteiger partial charge in [-0.2, -0.15) is 0 Å². The lowest BCUT2D eigenvalue weighted by Crippen LogP contribution is -2.21. The Kier molecular flexibility index (Phi) is 4.60. The summed E-state index contributed by atoms with van der Waals surface area (Å²) in [4.78, 5) is 0. The molecule has 102 valence electrons. The van der Waals surface area contributed by atoms with Gasteiger partial charge in [0.2, 0.25) is 0 Å². The monoisotopic (exact) mass is 260 g/mol. The zero-order valence-corrected chi connectivity index (χ0v) is 10.2. The van der Waals surface area contributed by atoms with Crippen LogP contribution in [-0.4, -0.2) is 41.2 Å². The maximum atomic E-state index is 12.5. The minimum Gasteiger partial charge on any atom is -0.381 e. The second-order valence-corrected chi connectivity index (χ2v) is 4.42. The van der Waals surface area contributed by atoms with Gasteiger partial charge >= 0.3 is 0 Å². The zero-order valence-electron chi connectivity index (χ0n) is 10.2. The highest BCUT2D eigenvalue weighted by molar-refractivity contribution is 5.17. The van der Waals surface area contributed by atoms with Gasteiger partial charge in [-0.05, 0) is 19.4 Å². The minimum atomic E-state index is -2.42. The van der Waals surface area contributed by atoms with Gasteiger partial charge in [0.05, 0.1) is 11.4 Å². The molecule has 7 heteroatoms. The molecule has 1 fully saturated rings. The molecule has 0 aromatic carbocycles. The molecule has 1 aliphatic heterocycles. The summed E-state index contributed by atoms with van der Waals surface area (Å²) in [6.07, 6.45) is -0.186. The third-order valence-electron chi connectivity index (χ3n) is 3.15. The number of hydrogen-bond acceptors (Lipinski definition) is 4. The molecular formula is C11H18F2N4O. The van der Waals surface area contributed by atoms with E-state index in [1.165, 1.54) is 4.68 Å². The highest BCUT2D eigenvalue weighted by Gasteiger charge is 2.25. The highest BCUT2D eigenvalue weighted by atomic mass is 19.3. The van der Waals surface area contributed by atoms with E-state index in [1.807, 2.05) is 0 Å². The van der Waals surface area contributed by atoms with Crippen molar-refractivity contribution in [2.45, 2.75) is 38.2 Å². The Morgan fingerprint density at radius 1 is 1.39 bits per heavy atom. The fraction of sp³-hybridized carbons (Fsp3) is 0.818. The van der Waals surface area contributed by atoms with Crippen LogP contribution < -0.4 is 5.73 Å². The van der Waals surface area contributed by atoms with Crippen LogP contribution in [0.5, 0.6) is 0 Å². The standard InChI is InChI=1S/C11H18F2N4O/c12-10(13)7-17-11(8-2-5-18-6-3-8)9(1-4-14)15-16-17/h8,10H,1-7,14H2. The van der Waals surface area contributed by atoms with Crippen LogP contribution in [0.25, 0.3) is 0 Å². The van der Waals surface area contributed by atoms with Gasteiger partial charge in [-0.15, -0.1) is 5.10 Å². The second kappa shape index (κ2) is 6.19. The van der Waals surface area contributed by atoms with Crippen molar-refractivity contribution in [3.05, 3.63) is 11.4 Å². The Balaban J connectivity index is 2.23. The van der Waals surface area contributed by atoms with Crippen LogP contribution in [0.15, 0.2) is 0 Å². The van der Waals surface area contributed by atoms with E-state index in [2.05, 4.69) is 10.3 Å². The third kappa shape index (κ3) is 3.02. The van der Waals surface area contributed by atoms with Gasteiger partial charge in [0.1, 0.15) is 6.54 Å². The van der Waals surface area contributed by atoms with Crippen molar-refractivity contribution in [2.75, 3.05) is 19.8 Å². The van der Waals surface area contributed by atoms with Crippen molar-refractivity contribution in [3.8, 4) is 0 Å². The smallest absolute Gasteiger partial charge is 0.257 e. The van der Waals surface area contributed by atoms with Crippen molar-refractivity contribution in [1.82, 2.24) is 15.0 Å².